The molecule has 1 N–H and O–H groups in total. The molecule has 0 aromatic carbocycles. The number of hydrogen-bond donors (Lipinski definition) is 1. The molecule has 0 radical (unpaired) electrons. The third kappa shape index (κ3) is 3.18. The minimum atomic E-state index is 0.214. The van der Waals surface area contributed by atoms with E-state index in [2.05, 4.69) is 12.2 Å². The van der Waals surface area contributed by atoms with Crippen molar-refractivity contribution >= 4 is 0 Å². The molecule has 1 aliphatic rings. The van der Waals surface area contributed by atoms with Crippen molar-refractivity contribution < 1.29 is 9.47 Å². The summed E-state index contributed by atoms with van der Waals surface area (Å²) in [5.41, 5.74) is 0. The van der Waals surface area contributed by atoms with E-state index < -0.39 is 0 Å². The largest absolute Gasteiger partial charge is 0.385 e. The van der Waals surface area contributed by atoms with E-state index in [4.69, 9.17) is 9.47 Å². The molecule has 2 unspecified atom stereocenters. The van der Waals surface area contributed by atoms with E-state index in [1.165, 1.54) is 0 Å². The lowest BCUT2D eigenvalue weighted by atomic mass is 10.1. The summed E-state index contributed by atoms with van der Waals surface area (Å²) >= 11 is 0. The van der Waals surface area contributed by atoms with Crippen LogP contribution in [0.4, 0.5) is 0 Å². The molecule has 66 valence electrons. The highest BCUT2D eigenvalue weighted by molar-refractivity contribution is 4.66. The molecule has 1 heterocycles. The van der Waals surface area contributed by atoms with Crippen molar-refractivity contribution in [2.45, 2.75) is 19.6 Å². The number of methoxy groups -OCH3 is 1. The summed E-state index contributed by atoms with van der Waals surface area (Å²) in [5, 5.41) is 3.30. The number of hydrogen-bond acceptors (Lipinski definition) is 3. The van der Waals surface area contributed by atoms with Crippen molar-refractivity contribution in [1.29, 1.82) is 0 Å². The van der Waals surface area contributed by atoms with Crippen molar-refractivity contribution in [3.8, 4) is 0 Å². The molecule has 1 fully saturated rings. The van der Waals surface area contributed by atoms with Gasteiger partial charge in [0.05, 0.1) is 6.61 Å². The van der Waals surface area contributed by atoms with Crippen LogP contribution in [0.2, 0.25) is 0 Å². The van der Waals surface area contributed by atoms with Gasteiger partial charge in [0.25, 0.3) is 0 Å². The molecule has 1 rings (SSSR count). The normalized spacial score (nSPS) is 32.2. The van der Waals surface area contributed by atoms with Crippen LogP contribution in [0.25, 0.3) is 0 Å². The first-order chi connectivity index (χ1) is 5.33. The Morgan fingerprint density at radius 1 is 1.64 bits per heavy atom. The van der Waals surface area contributed by atoms with Crippen LogP contribution < -0.4 is 5.32 Å². The highest BCUT2D eigenvalue weighted by Gasteiger charge is 2.16. The summed E-state index contributed by atoms with van der Waals surface area (Å²) in [4.78, 5) is 0. The molecule has 1 aliphatic heterocycles. The average molecular weight is 159 g/mol. The van der Waals surface area contributed by atoms with Crippen LogP contribution in [-0.2, 0) is 9.47 Å². The molecular formula is C8H17NO2. The van der Waals surface area contributed by atoms with Crippen LogP contribution in [0.1, 0.15) is 13.3 Å². The van der Waals surface area contributed by atoms with Crippen LogP contribution in [0.3, 0.4) is 0 Å². The Kier molecular flexibility index (Phi) is 3.83. The first-order valence-corrected chi connectivity index (χ1v) is 4.17. The van der Waals surface area contributed by atoms with Gasteiger partial charge in [-0.1, -0.05) is 6.92 Å². The van der Waals surface area contributed by atoms with E-state index in [1.807, 2.05) is 0 Å². The SMILES string of the molecule is COCCC1NCC(C)CO1. The maximum Gasteiger partial charge on any atom is 0.110 e. The number of nitrogens with one attached hydrogen (secondary N) is 1. The molecule has 0 spiro atoms. The molecule has 0 aliphatic carbocycles. The monoisotopic (exact) mass is 159 g/mol. The van der Waals surface area contributed by atoms with Gasteiger partial charge in [-0.25, -0.2) is 0 Å². The molecule has 0 amide bonds. The Morgan fingerprint density at radius 2 is 2.45 bits per heavy atom. The second-order valence-electron chi connectivity index (χ2n) is 3.12. The minimum Gasteiger partial charge on any atom is -0.385 e. The Balaban J connectivity index is 2.07. The lowest BCUT2D eigenvalue weighted by molar-refractivity contribution is -0.0376. The Morgan fingerprint density at radius 3 is 3.00 bits per heavy atom. The van der Waals surface area contributed by atoms with Gasteiger partial charge in [-0.2, -0.15) is 0 Å². The summed E-state index contributed by atoms with van der Waals surface area (Å²) in [6.45, 7) is 4.89. The molecule has 3 nitrogen and oxygen atoms in total. The van der Waals surface area contributed by atoms with Crippen molar-refractivity contribution in [1.82, 2.24) is 5.32 Å². The quantitative estimate of drug-likeness (QED) is 0.654. The zero-order valence-electron chi connectivity index (χ0n) is 7.30. The summed E-state index contributed by atoms with van der Waals surface area (Å²) in [6, 6.07) is 0. The van der Waals surface area contributed by atoms with Gasteiger partial charge < -0.3 is 9.47 Å². The number of ether oxygens (including phenoxy) is 2. The Hall–Kier alpha value is -0.120. The molecular weight excluding hydrogens is 142 g/mol. The third-order valence-electron chi connectivity index (χ3n) is 1.86. The predicted octanol–water partition coefficient (Wildman–Crippen LogP) is 0.605. The molecule has 0 saturated carbocycles. The maximum absolute atomic E-state index is 5.50. The van der Waals surface area contributed by atoms with Gasteiger partial charge in [0.1, 0.15) is 6.23 Å². The summed E-state index contributed by atoms with van der Waals surface area (Å²) in [7, 11) is 1.71. The van der Waals surface area contributed by atoms with Gasteiger partial charge in [-0.15, -0.1) is 0 Å². The fourth-order valence-corrected chi connectivity index (χ4v) is 1.14. The van der Waals surface area contributed by atoms with Crippen LogP contribution in [0.5, 0.6) is 0 Å². The van der Waals surface area contributed by atoms with Crippen molar-refractivity contribution in [2.75, 3.05) is 26.9 Å². The zero-order valence-corrected chi connectivity index (χ0v) is 7.30. The Labute approximate surface area is 68.1 Å². The summed E-state index contributed by atoms with van der Waals surface area (Å²) in [6.07, 6.45) is 1.16. The predicted molar refractivity (Wildman–Crippen MR) is 43.4 cm³/mol. The smallest absolute Gasteiger partial charge is 0.110 e. The highest BCUT2D eigenvalue weighted by Crippen LogP contribution is 2.06. The van der Waals surface area contributed by atoms with E-state index in [0.717, 1.165) is 26.2 Å². The van der Waals surface area contributed by atoms with Gasteiger partial charge in [0.2, 0.25) is 0 Å². The van der Waals surface area contributed by atoms with Crippen LogP contribution in [0, 0.1) is 5.92 Å². The van der Waals surface area contributed by atoms with Crippen molar-refractivity contribution in [3.63, 3.8) is 0 Å². The molecule has 0 bridgehead atoms. The zero-order chi connectivity index (χ0) is 8.10. The molecule has 3 heteroatoms. The van der Waals surface area contributed by atoms with Gasteiger partial charge >= 0.3 is 0 Å². The van der Waals surface area contributed by atoms with E-state index in [9.17, 15) is 0 Å². The third-order valence-corrected chi connectivity index (χ3v) is 1.86. The summed E-state index contributed by atoms with van der Waals surface area (Å²) in [5.74, 6) is 0.647. The first kappa shape index (κ1) is 8.97. The fraction of sp³-hybridized carbons (Fsp3) is 1.00. The van der Waals surface area contributed by atoms with Gasteiger partial charge in [-0.3, -0.25) is 5.32 Å². The lowest BCUT2D eigenvalue weighted by Crippen LogP contribution is -2.42. The van der Waals surface area contributed by atoms with Crippen LogP contribution in [-0.4, -0.2) is 33.1 Å². The standard InChI is InChI=1S/C8H17NO2/c1-7-5-9-8(11-6-7)3-4-10-2/h7-9H,3-6H2,1-2H3. The van der Waals surface area contributed by atoms with Crippen molar-refractivity contribution in [3.05, 3.63) is 0 Å². The van der Waals surface area contributed by atoms with Crippen LogP contribution >= 0.6 is 0 Å². The van der Waals surface area contributed by atoms with E-state index in [0.29, 0.717) is 5.92 Å². The first-order valence-electron chi connectivity index (χ1n) is 4.17. The van der Waals surface area contributed by atoms with Crippen LogP contribution in [0.15, 0.2) is 0 Å². The summed E-state index contributed by atoms with van der Waals surface area (Å²) < 4.78 is 10.5. The van der Waals surface area contributed by atoms with Gasteiger partial charge in [-0.05, 0) is 5.92 Å². The minimum absolute atomic E-state index is 0.214. The van der Waals surface area contributed by atoms with E-state index in [-0.39, 0.29) is 6.23 Å². The second-order valence-corrected chi connectivity index (χ2v) is 3.12. The molecule has 2 atom stereocenters. The van der Waals surface area contributed by atoms with E-state index >= 15 is 0 Å². The molecule has 0 aromatic rings. The van der Waals surface area contributed by atoms with Gasteiger partial charge in [0.15, 0.2) is 0 Å². The Bertz CT molecular complexity index is 97.5. The second kappa shape index (κ2) is 4.70. The molecule has 11 heavy (non-hydrogen) atoms. The molecule has 1 saturated heterocycles. The highest BCUT2D eigenvalue weighted by atomic mass is 16.5. The maximum atomic E-state index is 5.50. The topological polar surface area (TPSA) is 30.5 Å². The molecule has 0 aromatic heterocycles. The number of rotatable bonds is 3. The van der Waals surface area contributed by atoms with E-state index in [1.54, 1.807) is 7.11 Å². The average Bonchev–Trinajstić information content (AvgIpc) is 2.04. The lowest BCUT2D eigenvalue weighted by Gasteiger charge is -2.28. The van der Waals surface area contributed by atoms with Crippen molar-refractivity contribution in [2.24, 2.45) is 5.92 Å². The fourth-order valence-electron chi connectivity index (χ4n) is 1.14. The van der Waals surface area contributed by atoms with Gasteiger partial charge in [0, 0.05) is 26.7 Å².